The van der Waals surface area contributed by atoms with Crippen LogP contribution in [0.3, 0.4) is 0 Å². The molecule has 2 nitrogen and oxygen atoms in total. The molecule has 4 rings (SSSR count). The third-order valence-corrected chi connectivity index (χ3v) is 5.58. The average Bonchev–Trinajstić information content (AvgIpc) is 2.46. The van der Waals surface area contributed by atoms with Crippen molar-refractivity contribution >= 4 is 0 Å². The van der Waals surface area contributed by atoms with Gasteiger partial charge < -0.3 is 10.1 Å². The molecular formula is C18H25NO. The summed E-state index contributed by atoms with van der Waals surface area (Å²) in [6.45, 7) is 0.959. The molecule has 1 aliphatic heterocycles. The van der Waals surface area contributed by atoms with Gasteiger partial charge in [-0.1, -0.05) is 24.3 Å². The molecule has 0 radical (unpaired) electrons. The highest BCUT2D eigenvalue weighted by atomic mass is 16.5. The third kappa shape index (κ3) is 2.40. The summed E-state index contributed by atoms with van der Waals surface area (Å²) < 4.78 is 6.04. The van der Waals surface area contributed by atoms with Crippen LogP contribution in [0.25, 0.3) is 0 Å². The van der Waals surface area contributed by atoms with Crippen LogP contribution < -0.4 is 5.32 Å². The maximum atomic E-state index is 6.04. The van der Waals surface area contributed by atoms with Gasteiger partial charge in [0.25, 0.3) is 0 Å². The van der Waals surface area contributed by atoms with Crippen molar-refractivity contribution in [3.05, 3.63) is 35.4 Å². The van der Waals surface area contributed by atoms with Gasteiger partial charge in [-0.25, -0.2) is 0 Å². The van der Waals surface area contributed by atoms with Crippen molar-refractivity contribution in [2.75, 3.05) is 6.61 Å². The fourth-order valence-electron chi connectivity index (χ4n) is 4.26. The zero-order valence-electron chi connectivity index (χ0n) is 12.2. The zero-order valence-corrected chi connectivity index (χ0v) is 12.2. The van der Waals surface area contributed by atoms with E-state index in [2.05, 4.69) is 29.6 Å². The van der Waals surface area contributed by atoms with E-state index in [1.807, 2.05) is 0 Å². The lowest BCUT2D eigenvalue weighted by Gasteiger charge is -2.48. The molecule has 3 aliphatic rings. The molecule has 0 amide bonds. The number of hydrogen-bond donors (Lipinski definition) is 1. The SMILES string of the molecule is c1ccc2c(c1)CCC(NC1CCOC3(CCC3)C1)C2. The first kappa shape index (κ1) is 12.8. The van der Waals surface area contributed by atoms with Crippen molar-refractivity contribution in [2.24, 2.45) is 0 Å². The summed E-state index contributed by atoms with van der Waals surface area (Å²) >= 11 is 0. The van der Waals surface area contributed by atoms with Gasteiger partial charge in [-0.3, -0.25) is 0 Å². The van der Waals surface area contributed by atoms with Crippen molar-refractivity contribution in [3.63, 3.8) is 0 Å². The molecule has 1 saturated heterocycles. The molecule has 2 aliphatic carbocycles. The molecule has 1 spiro atoms. The van der Waals surface area contributed by atoms with Crippen LogP contribution in [0.2, 0.25) is 0 Å². The predicted molar refractivity (Wildman–Crippen MR) is 80.9 cm³/mol. The first-order valence-electron chi connectivity index (χ1n) is 8.30. The fraction of sp³-hybridized carbons (Fsp3) is 0.667. The number of aryl methyl sites for hydroxylation is 1. The normalized spacial score (nSPS) is 31.6. The Bertz CT molecular complexity index is 480. The first-order valence-corrected chi connectivity index (χ1v) is 8.30. The standard InChI is InChI=1S/C18H25NO/c1-2-5-15-12-16(7-6-14(15)4-1)19-17-8-11-20-18(13-17)9-3-10-18/h1-2,4-5,16-17,19H,3,6-13H2. The van der Waals surface area contributed by atoms with E-state index in [0.29, 0.717) is 12.1 Å². The van der Waals surface area contributed by atoms with E-state index in [1.54, 1.807) is 11.1 Å². The van der Waals surface area contributed by atoms with Crippen LogP contribution in [0.15, 0.2) is 24.3 Å². The zero-order chi connectivity index (χ0) is 13.4. The molecular weight excluding hydrogens is 246 g/mol. The van der Waals surface area contributed by atoms with Crippen molar-refractivity contribution < 1.29 is 4.74 Å². The Morgan fingerprint density at radius 1 is 1.05 bits per heavy atom. The summed E-state index contributed by atoms with van der Waals surface area (Å²) in [7, 11) is 0. The lowest BCUT2D eigenvalue weighted by Crippen LogP contribution is -2.53. The quantitative estimate of drug-likeness (QED) is 0.891. The highest BCUT2D eigenvalue weighted by molar-refractivity contribution is 5.30. The lowest BCUT2D eigenvalue weighted by molar-refractivity contribution is -0.136. The summed E-state index contributed by atoms with van der Waals surface area (Å²) in [4.78, 5) is 0. The second-order valence-electron chi connectivity index (χ2n) is 6.95. The monoisotopic (exact) mass is 271 g/mol. The Labute approximate surface area is 121 Å². The van der Waals surface area contributed by atoms with E-state index < -0.39 is 0 Å². The molecule has 1 aromatic carbocycles. The highest BCUT2D eigenvalue weighted by Crippen LogP contribution is 2.42. The van der Waals surface area contributed by atoms with E-state index in [-0.39, 0.29) is 5.60 Å². The maximum absolute atomic E-state index is 6.04. The molecule has 108 valence electrons. The van der Waals surface area contributed by atoms with E-state index in [0.717, 1.165) is 6.61 Å². The summed E-state index contributed by atoms with van der Waals surface area (Å²) in [5.74, 6) is 0. The van der Waals surface area contributed by atoms with E-state index in [1.165, 1.54) is 51.4 Å². The number of nitrogens with one attached hydrogen (secondary N) is 1. The summed E-state index contributed by atoms with van der Waals surface area (Å²) in [6, 6.07) is 10.3. The molecule has 20 heavy (non-hydrogen) atoms. The predicted octanol–water partition coefficient (Wildman–Crippen LogP) is 3.24. The lowest BCUT2D eigenvalue weighted by atomic mass is 9.73. The second kappa shape index (κ2) is 5.16. The molecule has 1 saturated carbocycles. The number of fused-ring (bicyclic) bond motifs is 1. The second-order valence-corrected chi connectivity index (χ2v) is 6.95. The minimum atomic E-state index is 0.266. The molecule has 2 heteroatoms. The Kier molecular flexibility index (Phi) is 3.31. The first-order chi connectivity index (χ1) is 9.83. The van der Waals surface area contributed by atoms with Gasteiger partial charge in [-0.2, -0.15) is 0 Å². The van der Waals surface area contributed by atoms with Gasteiger partial charge >= 0.3 is 0 Å². The Morgan fingerprint density at radius 2 is 1.90 bits per heavy atom. The topological polar surface area (TPSA) is 21.3 Å². The molecule has 1 N–H and O–H groups in total. The van der Waals surface area contributed by atoms with E-state index in [4.69, 9.17) is 4.74 Å². The Balaban J connectivity index is 1.38. The van der Waals surface area contributed by atoms with Gasteiger partial charge in [0.05, 0.1) is 5.60 Å². The minimum absolute atomic E-state index is 0.266. The Hall–Kier alpha value is -0.860. The van der Waals surface area contributed by atoms with Gasteiger partial charge in [-0.05, 0) is 62.5 Å². The van der Waals surface area contributed by atoms with Crippen LogP contribution in [0.1, 0.15) is 49.7 Å². The summed E-state index contributed by atoms with van der Waals surface area (Å²) in [5, 5.41) is 3.94. The van der Waals surface area contributed by atoms with Gasteiger partial charge in [0.2, 0.25) is 0 Å². The molecule has 2 fully saturated rings. The fourth-order valence-corrected chi connectivity index (χ4v) is 4.26. The minimum Gasteiger partial charge on any atom is -0.375 e. The van der Waals surface area contributed by atoms with Crippen molar-refractivity contribution in [1.82, 2.24) is 5.32 Å². The third-order valence-electron chi connectivity index (χ3n) is 5.58. The number of benzene rings is 1. The Morgan fingerprint density at radius 3 is 2.70 bits per heavy atom. The van der Waals surface area contributed by atoms with Gasteiger partial charge in [0.1, 0.15) is 0 Å². The van der Waals surface area contributed by atoms with Gasteiger partial charge in [0, 0.05) is 18.7 Å². The van der Waals surface area contributed by atoms with Crippen LogP contribution in [0.4, 0.5) is 0 Å². The molecule has 2 atom stereocenters. The molecule has 0 bridgehead atoms. The number of hydrogen-bond acceptors (Lipinski definition) is 2. The largest absolute Gasteiger partial charge is 0.375 e. The number of ether oxygens (including phenoxy) is 1. The van der Waals surface area contributed by atoms with Crippen LogP contribution in [0, 0.1) is 0 Å². The van der Waals surface area contributed by atoms with E-state index in [9.17, 15) is 0 Å². The molecule has 1 heterocycles. The average molecular weight is 271 g/mol. The number of rotatable bonds is 2. The maximum Gasteiger partial charge on any atom is 0.0697 e. The van der Waals surface area contributed by atoms with Crippen molar-refractivity contribution in [3.8, 4) is 0 Å². The van der Waals surface area contributed by atoms with Crippen LogP contribution in [-0.2, 0) is 17.6 Å². The summed E-state index contributed by atoms with van der Waals surface area (Å²) in [5.41, 5.74) is 3.39. The highest BCUT2D eigenvalue weighted by Gasteiger charge is 2.42. The summed E-state index contributed by atoms with van der Waals surface area (Å²) in [6.07, 6.45) is 10.1. The van der Waals surface area contributed by atoms with Crippen LogP contribution in [-0.4, -0.2) is 24.3 Å². The van der Waals surface area contributed by atoms with Crippen molar-refractivity contribution in [2.45, 2.75) is 69.1 Å². The van der Waals surface area contributed by atoms with Crippen LogP contribution in [0.5, 0.6) is 0 Å². The van der Waals surface area contributed by atoms with Crippen molar-refractivity contribution in [1.29, 1.82) is 0 Å². The molecule has 1 aromatic rings. The van der Waals surface area contributed by atoms with Gasteiger partial charge in [-0.15, -0.1) is 0 Å². The molecule has 2 unspecified atom stereocenters. The van der Waals surface area contributed by atoms with Crippen LogP contribution >= 0.6 is 0 Å². The van der Waals surface area contributed by atoms with Gasteiger partial charge in [0.15, 0.2) is 0 Å². The smallest absolute Gasteiger partial charge is 0.0697 e. The molecule has 0 aromatic heterocycles. The van der Waals surface area contributed by atoms with E-state index >= 15 is 0 Å².